The first-order valence-electron chi connectivity index (χ1n) is 4.88. The molecule has 18 heavy (non-hydrogen) atoms. The Kier molecular flexibility index (Phi) is 4.83. The van der Waals surface area contributed by atoms with Crippen molar-refractivity contribution in [2.75, 3.05) is 13.6 Å². The predicted octanol–water partition coefficient (Wildman–Crippen LogP) is 1.68. The van der Waals surface area contributed by atoms with Gasteiger partial charge in [-0.1, -0.05) is 15.9 Å². The van der Waals surface area contributed by atoms with Gasteiger partial charge in [0.2, 0.25) is 10.0 Å². The number of aliphatic carboxylic acids is 1. The summed E-state index contributed by atoms with van der Waals surface area (Å²) in [5.41, 5.74) is 0. The number of hydrogen-bond acceptors (Lipinski definition) is 3. The van der Waals surface area contributed by atoms with Crippen LogP contribution in [0.15, 0.2) is 27.6 Å². The van der Waals surface area contributed by atoms with Crippen molar-refractivity contribution >= 4 is 31.9 Å². The molecule has 0 bridgehead atoms. The SMILES string of the molecule is CN(CCC(=O)O)S(=O)(=O)c1ccc(Br)cc1F. The average Bonchev–Trinajstić information content (AvgIpc) is 2.24. The molecular formula is C10H11BrFNO4S. The number of carbonyl (C=O) groups is 1. The van der Waals surface area contributed by atoms with Crippen LogP contribution in [0.1, 0.15) is 6.42 Å². The lowest BCUT2D eigenvalue weighted by molar-refractivity contribution is -0.137. The quantitative estimate of drug-likeness (QED) is 0.885. The van der Waals surface area contributed by atoms with Gasteiger partial charge in [0.15, 0.2) is 0 Å². The zero-order valence-electron chi connectivity index (χ0n) is 9.43. The number of hydrogen-bond donors (Lipinski definition) is 1. The van der Waals surface area contributed by atoms with E-state index in [1.54, 1.807) is 0 Å². The molecule has 5 nitrogen and oxygen atoms in total. The van der Waals surface area contributed by atoms with Crippen LogP contribution in [-0.4, -0.2) is 37.4 Å². The van der Waals surface area contributed by atoms with Crippen LogP contribution in [0.2, 0.25) is 0 Å². The number of carboxylic acids is 1. The number of carboxylic acid groups (broad SMARTS) is 1. The highest BCUT2D eigenvalue weighted by atomic mass is 79.9. The smallest absolute Gasteiger partial charge is 0.304 e. The summed E-state index contributed by atoms with van der Waals surface area (Å²) in [5.74, 6) is -2.00. The Balaban J connectivity index is 3.02. The minimum atomic E-state index is -4.01. The van der Waals surface area contributed by atoms with Crippen LogP contribution < -0.4 is 0 Å². The monoisotopic (exact) mass is 339 g/mol. The number of rotatable bonds is 5. The third-order valence-electron chi connectivity index (χ3n) is 2.22. The first kappa shape index (κ1) is 15.1. The lowest BCUT2D eigenvalue weighted by atomic mass is 10.3. The molecule has 1 rings (SSSR count). The lowest BCUT2D eigenvalue weighted by Crippen LogP contribution is -2.29. The van der Waals surface area contributed by atoms with Gasteiger partial charge in [-0.3, -0.25) is 4.79 Å². The third-order valence-corrected chi connectivity index (χ3v) is 4.61. The number of sulfonamides is 1. The zero-order chi connectivity index (χ0) is 13.9. The standard InChI is InChI=1S/C10H11BrFNO4S/c1-13(5-4-10(14)15)18(16,17)9-3-2-7(11)6-8(9)12/h2-3,6H,4-5H2,1H3,(H,14,15). The van der Waals surface area contributed by atoms with Gasteiger partial charge < -0.3 is 5.11 Å². The van der Waals surface area contributed by atoms with Gasteiger partial charge in [0.05, 0.1) is 6.42 Å². The Labute approximate surface area is 112 Å². The van der Waals surface area contributed by atoms with Gasteiger partial charge in [-0.25, -0.2) is 17.1 Å². The van der Waals surface area contributed by atoms with E-state index < -0.39 is 26.7 Å². The van der Waals surface area contributed by atoms with Gasteiger partial charge in [-0.05, 0) is 18.2 Å². The Hall–Kier alpha value is -0.990. The summed E-state index contributed by atoms with van der Waals surface area (Å²) in [4.78, 5) is 9.90. The second kappa shape index (κ2) is 5.77. The van der Waals surface area contributed by atoms with Crippen LogP contribution in [0.3, 0.4) is 0 Å². The molecule has 0 heterocycles. The van der Waals surface area contributed by atoms with Crippen molar-refractivity contribution in [2.24, 2.45) is 0 Å². The van der Waals surface area contributed by atoms with Crippen molar-refractivity contribution in [3.8, 4) is 0 Å². The van der Waals surface area contributed by atoms with Crippen LogP contribution in [0.25, 0.3) is 0 Å². The molecule has 1 N–H and O–H groups in total. The summed E-state index contributed by atoms with van der Waals surface area (Å²) >= 11 is 3.02. The molecular weight excluding hydrogens is 329 g/mol. The second-order valence-electron chi connectivity index (χ2n) is 3.55. The van der Waals surface area contributed by atoms with E-state index in [1.807, 2.05) is 0 Å². The third kappa shape index (κ3) is 3.50. The van der Waals surface area contributed by atoms with E-state index in [9.17, 15) is 17.6 Å². The molecule has 0 atom stereocenters. The summed E-state index contributed by atoms with van der Waals surface area (Å²) in [6.07, 6.45) is -0.339. The summed E-state index contributed by atoms with van der Waals surface area (Å²) in [7, 11) is -2.80. The summed E-state index contributed by atoms with van der Waals surface area (Å²) < 4.78 is 38.7. The Morgan fingerprint density at radius 3 is 2.61 bits per heavy atom. The maximum Gasteiger partial charge on any atom is 0.304 e. The molecule has 0 aliphatic heterocycles. The van der Waals surface area contributed by atoms with Gasteiger partial charge in [-0.2, -0.15) is 0 Å². The molecule has 0 aliphatic rings. The highest BCUT2D eigenvalue weighted by Crippen LogP contribution is 2.22. The summed E-state index contributed by atoms with van der Waals surface area (Å²) in [5, 5.41) is 8.49. The first-order chi connectivity index (χ1) is 8.25. The van der Waals surface area contributed by atoms with Gasteiger partial charge >= 0.3 is 5.97 Å². The van der Waals surface area contributed by atoms with Crippen molar-refractivity contribution in [2.45, 2.75) is 11.3 Å². The van der Waals surface area contributed by atoms with E-state index >= 15 is 0 Å². The van der Waals surface area contributed by atoms with E-state index in [-0.39, 0.29) is 13.0 Å². The van der Waals surface area contributed by atoms with E-state index in [1.165, 1.54) is 13.1 Å². The van der Waals surface area contributed by atoms with Crippen molar-refractivity contribution in [3.63, 3.8) is 0 Å². The van der Waals surface area contributed by atoms with Gasteiger partial charge in [0.1, 0.15) is 10.7 Å². The van der Waals surface area contributed by atoms with E-state index in [0.29, 0.717) is 4.47 Å². The molecule has 0 aliphatic carbocycles. The maximum absolute atomic E-state index is 13.6. The molecule has 0 saturated carbocycles. The number of nitrogens with zero attached hydrogens (tertiary/aromatic N) is 1. The lowest BCUT2D eigenvalue weighted by Gasteiger charge is -2.16. The fourth-order valence-electron chi connectivity index (χ4n) is 1.23. The molecule has 0 fully saturated rings. The molecule has 0 radical (unpaired) electrons. The maximum atomic E-state index is 13.6. The number of halogens is 2. The van der Waals surface area contributed by atoms with Crippen molar-refractivity contribution < 1.29 is 22.7 Å². The van der Waals surface area contributed by atoms with E-state index in [0.717, 1.165) is 16.4 Å². The molecule has 0 spiro atoms. The first-order valence-corrected chi connectivity index (χ1v) is 7.11. The predicted molar refractivity (Wildman–Crippen MR) is 66.2 cm³/mol. The molecule has 100 valence electrons. The second-order valence-corrected chi connectivity index (χ2v) is 6.47. The fraction of sp³-hybridized carbons (Fsp3) is 0.300. The number of benzene rings is 1. The van der Waals surface area contributed by atoms with Crippen LogP contribution >= 0.6 is 15.9 Å². The summed E-state index contributed by atoms with van der Waals surface area (Å²) in [6, 6.07) is 3.57. The van der Waals surface area contributed by atoms with Gasteiger partial charge in [0, 0.05) is 18.1 Å². The topological polar surface area (TPSA) is 74.7 Å². The van der Waals surface area contributed by atoms with Crippen LogP contribution in [0.5, 0.6) is 0 Å². The minimum absolute atomic E-state index is 0.215. The highest BCUT2D eigenvalue weighted by Gasteiger charge is 2.24. The van der Waals surface area contributed by atoms with Crippen molar-refractivity contribution in [1.29, 1.82) is 0 Å². The molecule has 0 saturated heterocycles. The van der Waals surface area contributed by atoms with Crippen molar-refractivity contribution in [3.05, 3.63) is 28.5 Å². The van der Waals surface area contributed by atoms with Crippen LogP contribution in [0.4, 0.5) is 4.39 Å². The van der Waals surface area contributed by atoms with E-state index in [2.05, 4.69) is 15.9 Å². The molecule has 1 aromatic rings. The molecule has 1 aromatic carbocycles. The molecule has 0 unspecified atom stereocenters. The van der Waals surface area contributed by atoms with Gasteiger partial charge in [-0.15, -0.1) is 0 Å². The van der Waals surface area contributed by atoms with Crippen molar-refractivity contribution in [1.82, 2.24) is 4.31 Å². The Morgan fingerprint density at radius 1 is 1.50 bits per heavy atom. The fourth-order valence-corrected chi connectivity index (χ4v) is 2.77. The Bertz CT molecular complexity index is 561. The van der Waals surface area contributed by atoms with E-state index in [4.69, 9.17) is 5.11 Å². The van der Waals surface area contributed by atoms with Crippen LogP contribution in [0, 0.1) is 5.82 Å². The minimum Gasteiger partial charge on any atom is -0.481 e. The average molecular weight is 340 g/mol. The Morgan fingerprint density at radius 2 is 2.11 bits per heavy atom. The van der Waals surface area contributed by atoms with Gasteiger partial charge in [0.25, 0.3) is 0 Å². The normalized spacial score (nSPS) is 11.8. The summed E-state index contributed by atoms with van der Waals surface area (Å²) in [6.45, 7) is -0.215. The molecule has 0 amide bonds. The zero-order valence-corrected chi connectivity index (χ0v) is 11.8. The van der Waals surface area contributed by atoms with Crippen LogP contribution in [-0.2, 0) is 14.8 Å². The molecule has 8 heteroatoms. The largest absolute Gasteiger partial charge is 0.481 e. The highest BCUT2D eigenvalue weighted by molar-refractivity contribution is 9.10. The molecule has 0 aromatic heterocycles.